The van der Waals surface area contributed by atoms with E-state index in [2.05, 4.69) is 10.3 Å². The van der Waals surface area contributed by atoms with Crippen LogP contribution in [0.1, 0.15) is 5.56 Å². The van der Waals surface area contributed by atoms with Crippen molar-refractivity contribution in [1.29, 1.82) is 5.26 Å². The Bertz CT molecular complexity index is 1200. The molecule has 0 spiro atoms. The predicted molar refractivity (Wildman–Crippen MR) is 116 cm³/mol. The van der Waals surface area contributed by atoms with Gasteiger partial charge in [0.2, 0.25) is 5.88 Å². The number of hydrogen-bond acceptors (Lipinski definition) is 6. The van der Waals surface area contributed by atoms with Crippen LogP contribution < -0.4 is 10.1 Å². The number of nitrogens with zero attached hydrogens (tertiary/aromatic N) is 3. The van der Waals surface area contributed by atoms with E-state index in [4.69, 9.17) is 27.9 Å². The summed E-state index contributed by atoms with van der Waals surface area (Å²) in [6, 6.07) is 15.6. The number of nitrogens with one attached hydrogen (secondary N) is 1. The summed E-state index contributed by atoms with van der Waals surface area (Å²) in [4.78, 5) is 26.3. The number of carbonyl (C=O) groups is 1. The van der Waals surface area contributed by atoms with Crippen molar-refractivity contribution in [1.82, 2.24) is 4.98 Å². The van der Waals surface area contributed by atoms with E-state index in [1.807, 2.05) is 6.07 Å². The fraction of sp³-hybridized carbons (Fsp3) is 0. The van der Waals surface area contributed by atoms with Crippen molar-refractivity contribution in [3.8, 4) is 17.7 Å². The molecule has 0 fully saturated rings. The van der Waals surface area contributed by atoms with E-state index >= 15 is 0 Å². The van der Waals surface area contributed by atoms with Crippen molar-refractivity contribution in [2.24, 2.45) is 0 Å². The highest BCUT2D eigenvalue weighted by Crippen LogP contribution is 2.26. The maximum atomic E-state index is 12.4. The Balaban J connectivity index is 1.69. The van der Waals surface area contributed by atoms with E-state index in [1.54, 1.807) is 30.3 Å². The lowest BCUT2D eigenvalue weighted by molar-refractivity contribution is -0.385. The van der Waals surface area contributed by atoms with Crippen LogP contribution in [0.25, 0.3) is 6.08 Å². The zero-order chi connectivity index (χ0) is 22.4. The fourth-order valence-electron chi connectivity index (χ4n) is 2.38. The molecule has 3 rings (SSSR count). The minimum Gasteiger partial charge on any atom is -0.439 e. The number of aromatic nitrogens is 1. The summed E-state index contributed by atoms with van der Waals surface area (Å²) >= 11 is 11.8. The van der Waals surface area contributed by atoms with Gasteiger partial charge in [0.1, 0.15) is 23.6 Å². The number of pyridine rings is 1. The molecule has 31 heavy (non-hydrogen) atoms. The van der Waals surface area contributed by atoms with E-state index in [9.17, 15) is 20.2 Å². The van der Waals surface area contributed by atoms with Crippen molar-refractivity contribution in [2.75, 3.05) is 5.32 Å². The van der Waals surface area contributed by atoms with Crippen molar-refractivity contribution in [3.63, 3.8) is 0 Å². The van der Waals surface area contributed by atoms with Gasteiger partial charge in [-0.3, -0.25) is 14.9 Å². The summed E-state index contributed by atoms with van der Waals surface area (Å²) in [5, 5.41) is 23.2. The first-order valence-corrected chi connectivity index (χ1v) is 9.38. The van der Waals surface area contributed by atoms with Gasteiger partial charge in [0, 0.05) is 17.8 Å². The van der Waals surface area contributed by atoms with Gasteiger partial charge in [0.25, 0.3) is 11.6 Å². The summed E-state index contributed by atoms with van der Waals surface area (Å²) in [7, 11) is 0. The topological polar surface area (TPSA) is 118 Å². The molecule has 3 aromatic rings. The van der Waals surface area contributed by atoms with Crippen molar-refractivity contribution in [3.05, 3.63) is 92.1 Å². The third-order valence-electron chi connectivity index (χ3n) is 3.89. The quantitative estimate of drug-likeness (QED) is 0.223. The molecule has 1 heterocycles. The summed E-state index contributed by atoms with van der Waals surface area (Å²) in [6.45, 7) is 0. The Hall–Kier alpha value is -3.93. The van der Waals surface area contributed by atoms with Crippen molar-refractivity contribution in [2.45, 2.75) is 0 Å². The van der Waals surface area contributed by atoms with Gasteiger partial charge in [-0.25, -0.2) is 4.98 Å². The number of nitriles is 1. The van der Waals surface area contributed by atoms with Gasteiger partial charge in [-0.15, -0.1) is 0 Å². The average Bonchev–Trinajstić information content (AvgIpc) is 2.76. The molecule has 0 bridgehead atoms. The zero-order valence-electron chi connectivity index (χ0n) is 15.6. The van der Waals surface area contributed by atoms with Gasteiger partial charge in [-0.2, -0.15) is 5.26 Å². The molecule has 1 amide bonds. The summed E-state index contributed by atoms with van der Waals surface area (Å²) in [5.41, 5.74) is 0.734. The van der Waals surface area contributed by atoms with Crippen LogP contribution in [0.3, 0.4) is 0 Å². The molecule has 0 aliphatic rings. The molecule has 1 N–H and O–H groups in total. The first kappa shape index (κ1) is 21.8. The lowest BCUT2D eigenvalue weighted by Gasteiger charge is -2.06. The van der Waals surface area contributed by atoms with Gasteiger partial charge < -0.3 is 10.1 Å². The monoisotopic (exact) mass is 454 g/mol. The minimum atomic E-state index is -0.601. The van der Waals surface area contributed by atoms with Crippen LogP contribution >= 0.6 is 23.2 Å². The van der Waals surface area contributed by atoms with Crippen molar-refractivity contribution < 1.29 is 14.5 Å². The number of amides is 1. The summed E-state index contributed by atoms with van der Waals surface area (Å²) in [6.07, 6.45) is 2.51. The molecule has 2 aromatic carbocycles. The third kappa shape index (κ3) is 5.79. The normalized spacial score (nSPS) is 10.8. The van der Waals surface area contributed by atoms with Crippen molar-refractivity contribution >= 4 is 46.6 Å². The number of rotatable bonds is 6. The summed E-state index contributed by atoms with van der Waals surface area (Å²) < 4.78 is 5.52. The molecule has 154 valence electrons. The second-order valence-corrected chi connectivity index (χ2v) is 6.85. The van der Waals surface area contributed by atoms with Crippen LogP contribution in [-0.4, -0.2) is 15.8 Å². The Morgan fingerprint density at radius 2 is 1.87 bits per heavy atom. The predicted octanol–water partition coefficient (Wildman–Crippen LogP) is 5.63. The SMILES string of the molecule is N#C/C(=C\c1ccc(Oc2ccc([N+](=O)[O-])cn2)cc1)C(=O)Nc1ccc(Cl)c(Cl)c1. The second-order valence-electron chi connectivity index (χ2n) is 6.04. The van der Waals surface area contributed by atoms with E-state index in [0.29, 0.717) is 22.0 Å². The molecular weight excluding hydrogens is 443 g/mol. The van der Waals surface area contributed by atoms with E-state index in [-0.39, 0.29) is 22.2 Å². The number of anilines is 1. The maximum Gasteiger partial charge on any atom is 0.287 e. The molecule has 10 heteroatoms. The molecule has 0 atom stereocenters. The number of ether oxygens (including phenoxy) is 1. The maximum absolute atomic E-state index is 12.4. The number of hydrogen-bond donors (Lipinski definition) is 1. The lowest BCUT2D eigenvalue weighted by Crippen LogP contribution is -2.13. The highest BCUT2D eigenvalue weighted by atomic mass is 35.5. The lowest BCUT2D eigenvalue weighted by atomic mass is 10.1. The van der Waals surface area contributed by atoms with Crippen LogP contribution in [0.5, 0.6) is 11.6 Å². The van der Waals surface area contributed by atoms with Gasteiger partial charge in [0.15, 0.2) is 0 Å². The Kier molecular flexibility index (Phi) is 6.82. The highest BCUT2D eigenvalue weighted by molar-refractivity contribution is 6.42. The van der Waals surface area contributed by atoms with Crippen LogP contribution in [0.4, 0.5) is 11.4 Å². The number of nitro groups is 1. The van der Waals surface area contributed by atoms with Gasteiger partial charge in [0.05, 0.1) is 15.0 Å². The average molecular weight is 455 g/mol. The van der Waals surface area contributed by atoms with E-state index < -0.39 is 10.8 Å². The largest absolute Gasteiger partial charge is 0.439 e. The molecule has 0 unspecified atom stereocenters. The molecule has 1 aromatic heterocycles. The van der Waals surface area contributed by atoms with E-state index in [0.717, 1.165) is 6.20 Å². The van der Waals surface area contributed by atoms with Crippen LogP contribution in [0.15, 0.2) is 66.4 Å². The zero-order valence-corrected chi connectivity index (χ0v) is 17.1. The fourth-order valence-corrected chi connectivity index (χ4v) is 2.68. The molecule has 0 aliphatic carbocycles. The molecule has 8 nitrogen and oxygen atoms in total. The first-order chi connectivity index (χ1) is 14.9. The Morgan fingerprint density at radius 1 is 1.13 bits per heavy atom. The van der Waals surface area contributed by atoms with E-state index in [1.165, 1.54) is 30.3 Å². The Labute approximate surface area is 186 Å². The third-order valence-corrected chi connectivity index (χ3v) is 4.63. The molecule has 0 saturated heterocycles. The Morgan fingerprint density at radius 3 is 2.45 bits per heavy atom. The van der Waals surface area contributed by atoms with Crippen LogP contribution in [0, 0.1) is 21.4 Å². The highest BCUT2D eigenvalue weighted by Gasteiger charge is 2.11. The number of carbonyl (C=O) groups excluding carboxylic acids is 1. The van der Waals surface area contributed by atoms with Crippen LogP contribution in [-0.2, 0) is 4.79 Å². The van der Waals surface area contributed by atoms with Gasteiger partial charge in [-0.05, 0) is 42.0 Å². The molecule has 0 saturated carbocycles. The first-order valence-electron chi connectivity index (χ1n) is 8.62. The standard InChI is InChI=1S/C21H12Cl2N4O4/c22-18-7-3-15(10-19(18)23)26-21(28)14(11-24)9-13-1-5-17(6-2-13)31-20-8-4-16(12-25-20)27(29)30/h1-10,12H,(H,26,28)/b14-9+. The molecule has 0 aliphatic heterocycles. The number of benzene rings is 2. The number of halogens is 2. The molecular formula is C21H12Cl2N4O4. The summed E-state index contributed by atoms with van der Waals surface area (Å²) in [5.74, 6) is 0.0150. The second kappa shape index (κ2) is 9.71. The van der Waals surface area contributed by atoms with Gasteiger partial charge >= 0.3 is 0 Å². The smallest absolute Gasteiger partial charge is 0.287 e. The molecule has 0 radical (unpaired) electrons. The van der Waals surface area contributed by atoms with Crippen LogP contribution in [0.2, 0.25) is 10.0 Å². The minimum absolute atomic E-state index is 0.114. The van der Waals surface area contributed by atoms with Gasteiger partial charge in [-0.1, -0.05) is 35.3 Å².